The van der Waals surface area contributed by atoms with Crippen molar-refractivity contribution in [3.63, 3.8) is 0 Å². The third-order valence-corrected chi connectivity index (χ3v) is 4.57. The molecule has 0 saturated carbocycles. The van der Waals surface area contributed by atoms with E-state index in [0.29, 0.717) is 23.7 Å². The standard InChI is InChI=1S/C23H20O4/c1-25-18-12-13-20(26-15-16-8-4-2-5-9-16)19(14-18)21(24)23-22(27-23)17-10-6-3-7-11-17/h2-14,22-23H,15H2,1H3/t22-,23+/m1/s1. The number of hydrogen-bond donors (Lipinski definition) is 0. The van der Waals surface area contributed by atoms with Gasteiger partial charge in [0.15, 0.2) is 11.9 Å². The minimum Gasteiger partial charge on any atom is -0.497 e. The minimum atomic E-state index is -0.487. The molecule has 0 bridgehead atoms. The van der Waals surface area contributed by atoms with Gasteiger partial charge < -0.3 is 14.2 Å². The van der Waals surface area contributed by atoms with Gasteiger partial charge in [0.25, 0.3) is 0 Å². The Morgan fingerprint density at radius 1 is 0.963 bits per heavy atom. The largest absolute Gasteiger partial charge is 0.497 e. The smallest absolute Gasteiger partial charge is 0.198 e. The second-order valence-corrected chi connectivity index (χ2v) is 6.39. The summed E-state index contributed by atoms with van der Waals surface area (Å²) in [6.45, 7) is 0.390. The summed E-state index contributed by atoms with van der Waals surface area (Å²) in [5.74, 6) is 1.06. The topological polar surface area (TPSA) is 48.1 Å². The van der Waals surface area contributed by atoms with Crippen molar-refractivity contribution in [2.45, 2.75) is 18.8 Å². The van der Waals surface area contributed by atoms with E-state index in [9.17, 15) is 4.79 Å². The first kappa shape index (κ1) is 17.3. The summed E-state index contributed by atoms with van der Waals surface area (Å²) in [4.78, 5) is 13.0. The van der Waals surface area contributed by atoms with Crippen molar-refractivity contribution in [1.82, 2.24) is 0 Å². The van der Waals surface area contributed by atoms with Crippen LogP contribution in [0.3, 0.4) is 0 Å². The fourth-order valence-corrected chi connectivity index (χ4v) is 3.05. The van der Waals surface area contributed by atoms with E-state index in [2.05, 4.69) is 0 Å². The van der Waals surface area contributed by atoms with Gasteiger partial charge in [0.1, 0.15) is 24.2 Å². The normalized spacial score (nSPS) is 18.0. The lowest BCUT2D eigenvalue weighted by Crippen LogP contribution is -2.11. The van der Waals surface area contributed by atoms with Crippen molar-refractivity contribution in [2.75, 3.05) is 7.11 Å². The van der Waals surface area contributed by atoms with Gasteiger partial charge in [-0.2, -0.15) is 0 Å². The number of ether oxygens (including phenoxy) is 3. The van der Waals surface area contributed by atoms with Crippen LogP contribution in [-0.4, -0.2) is 19.0 Å². The molecule has 2 atom stereocenters. The van der Waals surface area contributed by atoms with Gasteiger partial charge in [-0.05, 0) is 29.3 Å². The third-order valence-electron chi connectivity index (χ3n) is 4.57. The Balaban J connectivity index is 1.54. The van der Waals surface area contributed by atoms with Gasteiger partial charge in [-0.15, -0.1) is 0 Å². The first-order chi connectivity index (χ1) is 13.3. The maximum absolute atomic E-state index is 13.0. The quantitative estimate of drug-likeness (QED) is 0.456. The van der Waals surface area contributed by atoms with Crippen molar-refractivity contribution in [3.8, 4) is 11.5 Å². The Morgan fingerprint density at radius 2 is 1.67 bits per heavy atom. The van der Waals surface area contributed by atoms with Crippen LogP contribution in [0.25, 0.3) is 0 Å². The Bertz CT molecular complexity index is 922. The molecular formula is C23H20O4. The van der Waals surface area contributed by atoms with Crippen LogP contribution in [-0.2, 0) is 11.3 Å². The Hall–Kier alpha value is -3.11. The molecule has 4 rings (SSSR count). The van der Waals surface area contributed by atoms with Crippen molar-refractivity contribution >= 4 is 5.78 Å². The molecule has 0 N–H and O–H groups in total. The highest BCUT2D eigenvalue weighted by Gasteiger charge is 2.46. The van der Waals surface area contributed by atoms with Crippen LogP contribution in [0.15, 0.2) is 78.9 Å². The lowest BCUT2D eigenvalue weighted by Gasteiger charge is -2.12. The van der Waals surface area contributed by atoms with Crippen LogP contribution in [0.1, 0.15) is 27.6 Å². The molecule has 0 radical (unpaired) electrons. The van der Waals surface area contributed by atoms with Gasteiger partial charge in [-0.25, -0.2) is 0 Å². The van der Waals surface area contributed by atoms with Crippen LogP contribution in [0, 0.1) is 0 Å². The minimum absolute atomic E-state index is 0.0918. The molecule has 3 aromatic rings. The Morgan fingerprint density at radius 3 is 2.37 bits per heavy atom. The molecule has 0 aliphatic carbocycles. The van der Waals surface area contributed by atoms with E-state index in [-0.39, 0.29) is 11.9 Å². The maximum Gasteiger partial charge on any atom is 0.198 e. The monoisotopic (exact) mass is 360 g/mol. The summed E-state index contributed by atoms with van der Waals surface area (Å²) in [5, 5.41) is 0. The van der Waals surface area contributed by atoms with Gasteiger partial charge in [-0.1, -0.05) is 60.7 Å². The summed E-state index contributed by atoms with van der Waals surface area (Å²) < 4.78 is 16.9. The molecule has 1 aliphatic rings. The van der Waals surface area contributed by atoms with E-state index in [1.165, 1.54) is 0 Å². The van der Waals surface area contributed by atoms with Crippen LogP contribution in [0.5, 0.6) is 11.5 Å². The molecule has 0 amide bonds. The highest BCUT2D eigenvalue weighted by molar-refractivity contribution is 6.04. The highest BCUT2D eigenvalue weighted by Crippen LogP contribution is 2.42. The molecule has 0 aromatic heterocycles. The third kappa shape index (κ3) is 3.86. The number of carbonyl (C=O) groups excluding carboxylic acids is 1. The van der Waals surface area contributed by atoms with E-state index >= 15 is 0 Å². The molecule has 3 aromatic carbocycles. The van der Waals surface area contributed by atoms with Gasteiger partial charge in [0.2, 0.25) is 0 Å². The average Bonchev–Trinajstić information content (AvgIpc) is 3.54. The maximum atomic E-state index is 13.0. The molecule has 27 heavy (non-hydrogen) atoms. The summed E-state index contributed by atoms with van der Waals surface area (Å²) in [7, 11) is 1.58. The van der Waals surface area contributed by atoms with Crippen LogP contribution >= 0.6 is 0 Å². The molecule has 1 saturated heterocycles. The lowest BCUT2D eigenvalue weighted by atomic mass is 10.0. The summed E-state index contributed by atoms with van der Waals surface area (Å²) in [6.07, 6.45) is -0.689. The van der Waals surface area contributed by atoms with Crippen molar-refractivity contribution in [2.24, 2.45) is 0 Å². The predicted octanol–water partition coefficient (Wildman–Crippen LogP) is 4.60. The van der Waals surface area contributed by atoms with Crippen LogP contribution in [0.2, 0.25) is 0 Å². The molecule has 1 fully saturated rings. The first-order valence-corrected chi connectivity index (χ1v) is 8.85. The van der Waals surface area contributed by atoms with Gasteiger partial charge >= 0.3 is 0 Å². The molecule has 0 spiro atoms. The van der Waals surface area contributed by atoms with Crippen LogP contribution < -0.4 is 9.47 Å². The fraction of sp³-hybridized carbons (Fsp3) is 0.174. The summed E-state index contributed by atoms with van der Waals surface area (Å²) in [5.41, 5.74) is 2.52. The number of methoxy groups -OCH3 is 1. The number of Topliss-reactive ketones (excluding diaryl/α,β-unsaturated/α-hetero) is 1. The van der Waals surface area contributed by atoms with Gasteiger partial charge in [-0.3, -0.25) is 4.79 Å². The fourth-order valence-electron chi connectivity index (χ4n) is 3.05. The highest BCUT2D eigenvalue weighted by atomic mass is 16.6. The SMILES string of the molecule is COc1ccc(OCc2ccccc2)c(C(=O)[C@@H]2O[C@@H]2c2ccccc2)c1. The zero-order valence-corrected chi connectivity index (χ0v) is 15.0. The zero-order valence-electron chi connectivity index (χ0n) is 15.0. The zero-order chi connectivity index (χ0) is 18.6. The van der Waals surface area contributed by atoms with Gasteiger partial charge in [0, 0.05) is 0 Å². The van der Waals surface area contributed by atoms with Crippen molar-refractivity contribution in [1.29, 1.82) is 0 Å². The summed E-state index contributed by atoms with van der Waals surface area (Å²) in [6, 6.07) is 24.9. The molecular weight excluding hydrogens is 340 g/mol. The van der Waals surface area contributed by atoms with Crippen molar-refractivity contribution < 1.29 is 19.0 Å². The summed E-state index contributed by atoms with van der Waals surface area (Å²) >= 11 is 0. The lowest BCUT2D eigenvalue weighted by molar-refractivity contribution is 0.0949. The molecule has 1 heterocycles. The van der Waals surface area contributed by atoms with E-state index in [4.69, 9.17) is 14.2 Å². The molecule has 136 valence electrons. The molecule has 4 heteroatoms. The first-order valence-electron chi connectivity index (χ1n) is 8.85. The molecule has 0 unspecified atom stereocenters. The number of benzene rings is 3. The number of ketones is 1. The van der Waals surface area contributed by atoms with Crippen molar-refractivity contribution in [3.05, 3.63) is 95.6 Å². The van der Waals surface area contributed by atoms with Gasteiger partial charge in [0.05, 0.1) is 12.7 Å². The second kappa shape index (κ2) is 7.64. The van der Waals surface area contributed by atoms with E-state index in [1.54, 1.807) is 25.3 Å². The average molecular weight is 360 g/mol. The van der Waals surface area contributed by atoms with E-state index in [0.717, 1.165) is 11.1 Å². The Kier molecular flexibility index (Phi) is 4.90. The Labute approximate surface area is 158 Å². The number of rotatable bonds is 7. The number of hydrogen-bond acceptors (Lipinski definition) is 4. The van der Waals surface area contributed by atoms with E-state index < -0.39 is 6.10 Å². The second-order valence-electron chi connectivity index (χ2n) is 6.39. The van der Waals surface area contributed by atoms with Crippen LogP contribution in [0.4, 0.5) is 0 Å². The van der Waals surface area contributed by atoms with E-state index in [1.807, 2.05) is 60.7 Å². The predicted molar refractivity (Wildman–Crippen MR) is 102 cm³/mol. The number of carbonyl (C=O) groups is 1. The number of epoxide rings is 1. The molecule has 1 aliphatic heterocycles. The molecule has 4 nitrogen and oxygen atoms in total.